The van der Waals surface area contributed by atoms with Gasteiger partial charge in [0.1, 0.15) is 0 Å². The Bertz CT molecular complexity index is 851. The molecule has 0 atom stereocenters. The van der Waals surface area contributed by atoms with Crippen molar-refractivity contribution < 1.29 is 14.3 Å². The summed E-state index contributed by atoms with van der Waals surface area (Å²) in [5.41, 5.74) is 3.30. The molecule has 3 amide bonds. The van der Waals surface area contributed by atoms with Crippen LogP contribution in [0.15, 0.2) is 48.5 Å². The summed E-state index contributed by atoms with van der Waals surface area (Å²) >= 11 is 0. The van der Waals surface area contributed by atoms with E-state index in [0.29, 0.717) is 36.9 Å². The van der Waals surface area contributed by atoms with Gasteiger partial charge in [0.15, 0.2) is 0 Å². The molecule has 1 aliphatic heterocycles. The van der Waals surface area contributed by atoms with Gasteiger partial charge in [-0.2, -0.15) is 0 Å². The lowest BCUT2D eigenvalue weighted by molar-refractivity contribution is 0.0989. The molecule has 0 radical (unpaired) electrons. The van der Waals surface area contributed by atoms with Gasteiger partial charge in [-0.1, -0.05) is 38.1 Å². The van der Waals surface area contributed by atoms with E-state index in [1.807, 2.05) is 18.2 Å². The molecule has 2 aromatic rings. The monoisotopic (exact) mass is 395 g/mol. The first kappa shape index (κ1) is 20.9. The number of nitrogens with zero attached hydrogens (tertiary/aromatic N) is 1. The number of hydrogen-bond donors (Lipinski definition) is 2. The first-order chi connectivity index (χ1) is 14.0. The minimum absolute atomic E-state index is 0.0543. The normalized spacial score (nSPS) is 12.7. The van der Waals surface area contributed by atoms with Crippen molar-refractivity contribution >= 4 is 23.3 Å². The number of amides is 3. The average Bonchev–Trinajstić information content (AvgIpc) is 3.14. The van der Waals surface area contributed by atoms with Gasteiger partial charge in [-0.05, 0) is 48.6 Å². The number of hydrogen-bond acceptors (Lipinski definition) is 3. The predicted octanol–water partition coefficient (Wildman–Crippen LogP) is 4.07. The molecule has 0 spiro atoms. The van der Waals surface area contributed by atoms with Crippen LogP contribution < -0.4 is 15.5 Å². The van der Waals surface area contributed by atoms with Crippen LogP contribution in [-0.2, 0) is 11.2 Å². The Kier molecular flexibility index (Phi) is 7.25. The van der Waals surface area contributed by atoms with Gasteiger partial charge in [0, 0.05) is 43.2 Å². The zero-order chi connectivity index (χ0) is 20.6. The van der Waals surface area contributed by atoms with Gasteiger partial charge in [-0.25, -0.2) is 4.79 Å². The number of fused-ring (bicyclic) bond motifs is 1. The number of ether oxygens (including phenoxy) is 1. The summed E-state index contributed by atoms with van der Waals surface area (Å²) in [7, 11) is 0. The third kappa shape index (κ3) is 5.81. The molecule has 0 aromatic heterocycles. The lowest BCUT2D eigenvalue weighted by Gasteiger charge is -2.18. The highest BCUT2D eigenvalue weighted by Gasteiger charge is 2.25. The fraction of sp³-hybridized carbons (Fsp3) is 0.391. The minimum atomic E-state index is -0.287. The Labute approximate surface area is 172 Å². The average molecular weight is 396 g/mol. The van der Waals surface area contributed by atoms with Crippen LogP contribution in [0.2, 0.25) is 0 Å². The van der Waals surface area contributed by atoms with Gasteiger partial charge < -0.3 is 20.3 Å². The van der Waals surface area contributed by atoms with Crippen molar-refractivity contribution in [2.75, 3.05) is 36.5 Å². The van der Waals surface area contributed by atoms with E-state index in [1.165, 1.54) is 5.56 Å². The summed E-state index contributed by atoms with van der Waals surface area (Å²) < 4.78 is 5.50. The maximum Gasteiger partial charge on any atom is 0.319 e. The number of para-hydroxylation sites is 1. The van der Waals surface area contributed by atoms with Crippen LogP contribution in [0, 0.1) is 5.92 Å². The van der Waals surface area contributed by atoms with Gasteiger partial charge in [0.05, 0.1) is 0 Å². The fourth-order valence-electron chi connectivity index (χ4n) is 3.31. The maximum absolute atomic E-state index is 13.0. The molecule has 1 aliphatic rings. The predicted molar refractivity (Wildman–Crippen MR) is 116 cm³/mol. The summed E-state index contributed by atoms with van der Waals surface area (Å²) in [6.45, 7) is 6.77. The Morgan fingerprint density at radius 3 is 2.79 bits per heavy atom. The Hall–Kier alpha value is -2.86. The highest BCUT2D eigenvalue weighted by atomic mass is 16.5. The second-order valence-electron chi connectivity index (χ2n) is 7.62. The van der Waals surface area contributed by atoms with Crippen molar-refractivity contribution in [3.63, 3.8) is 0 Å². The van der Waals surface area contributed by atoms with Gasteiger partial charge in [-0.15, -0.1) is 0 Å². The number of nitrogens with one attached hydrogen (secondary N) is 2. The Balaban J connectivity index is 1.51. The van der Waals surface area contributed by atoms with E-state index >= 15 is 0 Å². The van der Waals surface area contributed by atoms with Crippen LogP contribution in [0.5, 0.6) is 0 Å². The second kappa shape index (κ2) is 10.1. The van der Waals surface area contributed by atoms with Crippen LogP contribution in [0.25, 0.3) is 0 Å². The van der Waals surface area contributed by atoms with E-state index < -0.39 is 0 Å². The molecule has 0 unspecified atom stereocenters. The molecule has 2 N–H and O–H groups in total. The van der Waals surface area contributed by atoms with E-state index in [4.69, 9.17) is 4.74 Å². The number of rotatable bonds is 8. The molecule has 0 saturated carbocycles. The molecule has 1 heterocycles. The Morgan fingerprint density at radius 1 is 1.14 bits per heavy atom. The summed E-state index contributed by atoms with van der Waals surface area (Å²) in [6, 6.07) is 14.7. The maximum atomic E-state index is 13.0. The van der Waals surface area contributed by atoms with Crippen molar-refractivity contribution in [3.8, 4) is 0 Å². The van der Waals surface area contributed by atoms with Gasteiger partial charge in [-0.3, -0.25) is 4.79 Å². The number of anilines is 2. The van der Waals surface area contributed by atoms with Crippen LogP contribution in [-0.4, -0.2) is 38.2 Å². The minimum Gasteiger partial charge on any atom is -0.381 e. The summed E-state index contributed by atoms with van der Waals surface area (Å²) in [5.74, 6) is 0.455. The molecule has 0 saturated heterocycles. The van der Waals surface area contributed by atoms with Crippen molar-refractivity contribution in [2.45, 2.75) is 26.7 Å². The van der Waals surface area contributed by atoms with Crippen molar-refractivity contribution in [2.24, 2.45) is 5.92 Å². The number of urea groups is 1. The SMILES string of the molecule is CC(C)COCCCNC(=O)Nc1cccc(C(=O)N2CCc3ccccc32)c1. The van der Waals surface area contributed by atoms with E-state index in [2.05, 4.69) is 30.5 Å². The number of carbonyl (C=O) groups excluding carboxylic acids is 2. The van der Waals surface area contributed by atoms with Gasteiger partial charge in [0.2, 0.25) is 0 Å². The van der Waals surface area contributed by atoms with Crippen molar-refractivity contribution in [3.05, 3.63) is 59.7 Å². The topological polar surface area (TPSA) is 70.7 Å². The number of carbonyl (C=O) groups is 2. The Morgan fingerprint density at radius 2 is 1.97 bits per heavy atom. The van der Waals surface area contributed by atoms with Crippen molar-refractivity contribution in [1.82, 2.24) is 5.32 Å². The third-order valence-corrected chi connectivity index (χ3v) is 4.70. The lowest BCUT2D eigenvalue weighted by atomic mass is 10.1. The van der Waals surface area contributed by atoms with Gasteiger partial charge in [0.25, 0.3) is 5.91 Å². The molecular weight excluding hydrogens is 366 g/mol. The molecule has 0 fully saturated rings. The summed E-state index contributed by atoms with van der Waals surface area (Å²) in [6.07, 6.45) is 1.62. The molecule has 0 aliphatic carbocycles. The zero-order valence-corrected chi connectivity index (χ0v) is 17.1. The van der Waals surface area contributed by atoms with Crippen LogP contribution in [0.4, 0.5) is 16.2 Å². The third-order valence-electron chi connectivity index (χ3n) is 4.70. The molecule has 3 rings (SSSR count). The van der Waals surface area contributed by atoms with Crippen LogP contribution >= 0.6 is 0 Å². The van der Waals surface area contributed by atoms with Crippen molar-refractivity contribution in [1.29, 1.82) is 0 Å². The van der Waals surface area contributed by atoms with Crippen LogP contribution in [0.3, 0.4) is 0 Å². The molecular formula is C23H29N3O3. The smallest absolute Gasteiger partial charge is 0.319 e. The molecule has 29 heavy (non-hydrogen) atoms. The lowest BCUT2D eigenvalue weighted by Crippen LogP contribution is -2.31. The largest absolute Gasteiger partial charge is 0.381 e. The second-order valence-corrected chi connectivity index (χ2v) is 7.62. The quantitative estimate of drug-likeness (QED) is 0.662. The summed E-state index contributed by atoms with van der Waals surface area (Å²) in [4.78, 5) is 26.8. The summed E-state index contributed by atoms with van der Waals surface area (Å²) in [5, 5.41) is 5.61. The van der Waals surface area contributed by atoms with E-state index in [1.54, 1.807) is 29.2 Å². The molecule has 154 valence electrons. The molecule has 0 bridgehead atoms. The van der Waals surface area contributed by atoms with E-state index in [9.17, 15) is 9.59 Å². The first-order valence-electron chi connectivity index (χ1n) is 10.2. The molecule has 6 heteroatoms. The molecule has 6 nitrogen and oxygen atoms in total. The van der Waals surface area contributed by atoms with E-state index in [0.717, 1.165) is 25.1 Å². The number of benzene rings is 2. The zero-order valence-electron chi connectivity index (χ0n) is 17.1. The first-order valence-corrected chi connectivity index (χ1v) is 10.2. The highest BCUT2D eigenvalue weighted by molar-refractivity contribution is 6.08. The molecule has 2 aromatic carbocycles. The van der Waals surface area contributed by atoms with Crippen LogP contribution in [0.1, 0.15) is 36.2 Å². The highest BCUT2D eigenvalue weighted by Crippen LogP contribution is 2.29. The van der Waals surface area contributed by atoms with Gasteiger partial charge >= 0.3 is 6.03 Å². The van der Waals surface area contributed by atoms with E-state index in [-0.39, 0.29) is 11.9 Å². The fourth-order valence-corrected chi connectivity index (χ4v) is 3.31. The standard InChI is InChI=1S/C23H29N3O3/c1-17(2)16-29-14-6-12-24-23(28)25-20-9-5-8-19(15-20)22(27)26-13-11-18-7-3-4-10-21(18)26/h3-5,7-10,15,17H,6,11-14,16H2,1-2H3,(H2,24,25,28).